The quantitative estimate of drug-likeness (QED) is 0.850. The largest absolute Gasteiger partial charge is 0.392 e. The van der Waals surface area contributed by atoms with Gasteiger partial charge in [-0.05, 0) is 22.8 Å². The predicted molar refractivity (Wildman–Crippen MR) is 86.8 cm³/mol. The van der Waals surface area contributed by atoms with Crippen LogP contribution >= 0.6 is 12.2 Å². The molecule has 0 aliphatic heterocycles. The zero-order valence-electron chi connectivity index (χ0n) is 11.6. The maximum Gasteiger partial charge on any atom is 0.252 e. The molecule has 3 N–H and O–H groups in total. The monoisotopic (exact) mass is 286 g/mol. The van der Waals surface area contributed by atoms with Crippen molar-refractivity contribution < 1.29 is 4.79 Å². The second kappa shape index (κ2) is 6.01. The van der Waals surface area contributed by atoms with Crippen LogP contribution in [0.1, 0.15) is 24.2 Å². The summed E-state index contributed by atoms with van der Waals surface area (Å²) in [6, 6.07) is 13.2. The zero-order valence-corrected chi connectivity index (χ0v) is 12.4. The van der Waals surface area contributed by atoms with E-state index in [1.165, 1.54) is 0 Å². The Hall–Kier alpha value is -1.94. The molecular weight excluding hydrogens is 268 g/mol. The van der Waals surface area contributed by atoms with Gasteiger partial charge in [0.2, 0.25) is 0 Å². The van der Waals surface area contributed by atoms with E-state index in [1.54, 1.807) is 0 Å². The number of nitrogens with one attached hydrogen (secondary N) is 1. The summed E-state index contributed by atoms with van der Waals surface area (Å²) in [6.45, 7) is 3.96. The minimum absolute atomic E-state index is 0.145. The topological polar surface area (TPSA) is 55.1 Å². The first-order valence-electron chi connectivity index (χ1n) is 6.58. The SMILES string of the molecule is CC(C)C(NC(=O)c1cccc2ccccc12)C(N)=S. The first-order chi connectivity index (χ1) is 9.50. The third-order valence-electron chi connectivity index (χ3n) is 3.29. The number of amides is 1. The van der Waals surface area contributed by atoms with Crippen LogP contribution in [0.4, 0.5) is 0 Å². The number of nitrogens with two attached hydrogens (primary N) is 1. The van der Waals surface area contributed by atoms with E-state index in [2.05, 4.69) is 5.32 Å². The molecular formula is C16H18N2OS. The molecule has 3 nitrogen and oxygen atoms in total. The van der Waals surface area contributed by atoms with Gasteiger partial charge in [0.25, 0.3) is 5.91 Å². The van der Waals surface area contributed by atoms with Gasteiger partial charge in [0.1, 0.15) is 0 Å². The molecule has 0 spiro atoms. The first kappa shape index (κ1) is 14.5. The summed E-state index contributed by atoms with van der Waals surface area (Å²) in [5.41, 5.74) is 6.34. The van der Waals surface area contributed by atoms with Crippen molar-refractivity contribution in [1.82, 2.24) is 5.32 Å². The molecule has 0 saturated carbocycles. The van der Waals surface area contributed by atoms with Gasteiger partial charge in [-0.3, -0.25) is 4.79 Å². The Bertz CT molecular complexity index is 646. The van der Waals surface area contributed by atoms with Gasteiger partial charge in [-0.25, -0.2) is 0 Å². The first-order valence-corrected chi connectivity index (χ1v) is 6.99. The number of hydrogen-bond acceptors (Lipinski definition) is 2. The van der Waals surface area contributed by atoms with E-state index in [-0.39, 0.29) is 17.9 Å². The Kier molecular flexibility index (Phi) is 4.35. The van der Waals surface area contributed by atoms with Crippen molar-refractivity contribution in [3.8, 4) is 0 Å². The highest BCUT2D eigenvalue weighted by atomic mass is 32.1. The molecule has 0 bridgehead atoms. The molecule has 2 aromatic carbocycles. The van der Waals surface area contributed by atoms with Crippen LogP contribution in [-0.2, 0) is 0 Å². The minimum atomic E-state index is -0.295. The molecule has 0 aliphatic rings. The molecule has 0 saturated heterocycles. The van der Waals surface area contributed by atoms with Crippen LogP contribution in [0.2, 0.25) is 0 Å². The third-order valence-corrected chi connectivity index (χ3v) is 3.55. The second-order valence-electron chi connectivity index (χ2n) is 5.12. The standard InChI is InChI=1S/C16H18N2OS/c1-10(2)14(15(17)20)18-16(19)13-9-5-7-11-6-3-4-8-12(11)13/h3-10,14H,1-2H3,(H2,17,20)(H,18,19). The van der Waals surface area contributed by atoms with E-state index in [4.69, 9.17) is 18.0 Å². The van der Waals surface area contributed by atoms with E-state index < -0.39 is 0 Å². The zero-order chi connectivity index (χ0) is 14.7. The number of thiocarbonyl (C=S) groups is 1. The van der Waals surface area contributed by atoms with E-state index in [1.807, 2.05) is 56.3 Å². The van der Waals surface area contributed by atoms with Crippen LogP contribution in [0.15, 0.2) is 42.5 Å². The highest BCUT2D eigenvalue weighted by molar-refractivity contribution is 7.80. The maximum atomic E-state index is 12.5. The minimum Gasteiger partial charge on any atom is -0.392 e. The van der Waals surface area contributed by atoms with Crippen molar-refractivity contribution in [2.45, 2.75) is 19.9 Å². The average Bonchev–Trinajstić information content (AvgIpc) is 2.43. The third kappa shape index (κ3) is 2.96. The van der Waals surface area contributed by atoms with E-state index in [0.29, 0.717) is 10.6 Å². The lowest BCUT2D eigenvalue weighted by Gasteiger charge is -2.21. The normalized spacial score (nSPS) is 12.3. The predicted octanol–water partition coefficient (Wildman–Crippen LogP) is 2.88. The van der Waals surface area contributed by atoms with Gasteiger partial charge in [-0.1, -0.05) is 62.5 Å². The van der Waals surface area contributed by atoms with Crippen LogP contribution in [-0.4, -0.2) is 16.9 Å². The second-order valence-corrected chi connectivity index (χ2v) is 5.60. The molecule has 0 aliphatic carbocycles. The fourth-order valence-electron chi connectivity index (χ4n) is 2.21. The van der Waals surface area contributed by atoms with Gasteiger partial charge >= 0.3 is 0 Å². The van der Waals surface area contributed by atoms with E-state index in [9.17, 15) is 4.79 Å². The number of rotatable bonds is 4. The molecule has 1 atom stereocenters. The molecule has 0 fully saturated rings. The number of hydrogen-bond donors (Lipinski definition) is 2. The van der Waals surface area contributed by atoms with Crippen molar-refractivity contribution in [1.29, 1.82) is 0 Å². The van der Waals surface area contributed by atoms with E-state index in [0.717, 1.165) is 10.8 Å². The molecule has 104 valence electrons. The Morgan fingerprint density at radius 2 is 1.80 bits per heavy atom. The van der Waals surface area contributed by atoms with Crippen molar-refractivity contribution in [2.24, 2.45) is 11.7 Å². The Balaban J connectivity index is 2.34. The molecule has 1 amide bonds. The summed E-state index contributed by atoms with van der Waals surface area (Å²) in [7, 11) is 0. The lowest BCUT2D eigenvalue weighted by molar-refractivity contribution is 0.0941. The van der Waals surface area contributed by atoms with Crippen molar-refractivity contribution in [2.75, 3.05) is 0 Å². The fourth-order valence-corrected chi connectivity index (χ4v) is 2.54. The Morgan fingerprint density at radius 3 is 2.45 bits per heavy atom. The molecule has 20 heavy (non-hydrogen) atoms. The van der Waals surface area contributed by atoms with Gasteiger partial charge in [0.05, 0.1) is 11.0 Å². The molecule has 2 rings (SSSR count). The molecule has 4 heteroatoms. The van der Waals surface area contributed by atoms with Crippen molar-refractivity contribution in [3.63, 3.8) is 0 Å². The maximum absolute atomic E-state index is 12.5. The Labute approximate surface area is 124 Å². The van der Waals surface area contributed by atoms with Crippen molar-refractivity contribution in [3.05, 3.63) is 48.0 Å². The highest BCUT2D eigenvalue weighted by Gasteiger charge is 2.20. The highest BCUT2D eigenvalue weighted by Crippen LogP contribution is 2.18. The molecule has 0 radical (unpaired) electrons. The van der Waals surface area contributed by atoms with E-state index >= 15 is 0 Å². The molecule has 0 heterocycles. The fraction of sp³-hybridized carbons (Fsp3) is 0.250. The molecule has 2 aromatic rings. The average molecular weight is 286 g/mol. The Morgan fingerprint density at radius 1 is 1.15 bits per heavy atom. The van der Waals surface area contributed by atoms with Crippen LogP contribution < -0.4 is 11.1 Å². The summed E-state index contributed by atoms with van der Waals surface area (Å²) >= 11 is 5.02. The van der Waals surface area contributed by atoms with Crippen LogP contribution in [0.3, 0.4) is 0 Å². The van der Waals surface area contributed by atoms with Gasteiger partial charge in [-0.2, -0.15) is 0 Å². The lowest BCUT2D eigenvalue weighted by atomic mass is 10.0. The summed E-state index contributed by atoms with van der Waals surface area (Å²) in [4.78, 5) is 12.8. The number of fused-ring (bicyclic) bond motifs is 1. The number of carbonyl (C=O) groups excluding carboxylic acids is 1. The summed E-state index contributed by atoms with van der Waals surface area (Å²) < 4.78 is 0. The van der Waals surface area contributed by atoms with Crippen molar-refractivity contribution >= 4 is 33.9 Å². The van der Waals surface area contributed by atoms with Crippen LogP contribution in [0.25, 0.3) is 10.8 Å². The molecule has 0 aromatic heterocycles. The van der Waals surface area contributed by atoms with Gasteiger partial charge < -0.3 is 11.1 Å². The van der Waals surface area contributed by atoms with Gasteiger partial charge in [0.15, 0.2) is 0 Å². The van der Waals surface area contributed by atoms with Gasteiger partial charge in [-0.15, -0.1) is 0 Å². The van der Waals surface area contributed by atoms with Gasteiger partial charge in [0, 0.05) is 5.56 Å². The summed E-state index contributed by atoms with van der Waals surface area (Å²) in [5, 5.41) is 4.89. The van der Waals surface area contributed by atoms with Crippen LogP contribution in [0, 0.1) is 5.92 Å². The lowest BCUT2D eigenvalue weighted by Crippen LogP contribution is -2.46. The smallest absolute Gasteiger partial charge is 0.252 e. The molecule has 1 unspecified atom stereocenters. The summed E-state index contributed by atoms with van der Waals surface area (Å²) in [6.07, 6.45) is 0. The number of benzene rings is 2. The summed E-state index contributed by atoms with van der Waals surface area (Å²) in [5.74, 6) is 0.0136. The number of carbonyl (C=O) groups is 1. The van der Waals surface area contributed by atoms with Crippen LogP contribution in [0.5, 0.6) is 0 Å².